The van der Waals surface area contributed by atoms with Crippen LogP contribution in [0.1, 0.15) is 30.9 Å². The van der Waals surface area contributed by atoms with E-state index >= 15 is 0 Å². The summed E-state index contributed by atoms with van der Waals surface area (Å²) in [5.41, 5.74) is 8.74. The molecule has 2 rings (SSSR count). The molecule has 0 bridgehead atoms. The first-order valence-corrected chi connectivity index (χ1v) is 5.33. The van der Waals surface area contributed by atoms with E-state index < -0.39 is 0 Å². The van der Waals surface area contributed by atoms with Crippen LogP contribution in [0.3, 0.4) is 0 Å². The second kappa shape index (κ2) is 3.67. The molecule has 0 saturated heterocycles. The van der Waals surface area contributed by atoms with Crippen LogP contribution in [-0.4, -0.2) is 0 Å². The minimum Gasteiger partial charge on any atom is -0.423 e. The largest absolute Gasteiger partial charge is 0.423 e. The summed E-state index contributed by atoms with van der Waals surface area (Å²) in [7, 11) is 0. The predicted molar refractivity (Wildman–Crippen MR) is 65.7 cm³/mol. The lowest BCUT2D eigenvalue weighted by Gasteiger charge is -2.12. The summed E-state index contributed by atoms with van der Waals surface area (Å²) < 4.78 is 5.18. The first-order valence-electron chi connectivity index (χ1n) is 5.33. The Bertz CT molecular complexity index is 597. The lowest BCUT2D eigenvalue weighted by atomic mass is 9.95. The predicted octanol–water partition coefficient (Wildman–Crippen LogP) is 2.81. The third-order valence-corrected chi connectivity index (χ3v) is 2.72. The molecule has 0 fully saturated rings. The lowest BCUT2D eigenvalue weighted by Crippen LogP contribution is -2.02. The molecule has 0 aliphatic carbocycles. The lowest BCUT2D eigenvalue weighted by molar-refractivity contribution is 0.559. The third-order valence-electron chi connectivity index (χ3n) is 2.72. The number of rotatable bonds is 1. The van der Waals surface area contributed by atoms with Crippen molar-refractivity contribution in [2.45, 2.75) is 26.7 Å². The molecule has 1 heterocycles. The maximum Gasteiger partial charge on any atom is 0.336 e. The Kier molecular flexibility index (Phi) is 2.46. The first kappa shape index (κ1) is 10.7. The van der Waals surface area contributed by atoms with Crippen LogP contribution in [0.15, 0.2) is 27.4 Å². The van der Waals surface area contributed by atoms with Crippen molar-refractivity contribution in [3.8, 4) is 0 Å². The summed E-state index contributed by atoms with van der Waals surface area (Å²) in [6, 6.07) is 5.17. The Morgan fingerprint density at radius 3 is 2.56 bits per heavy atom. The fourth-order valence-corrected chi connectivity index (χ4v) is 2.00. The van der Waals surface area contributed by atoms with Gasteiger partial charge in [0, 0.05) is 23.2 Å². The number of hydrogen-bond acceptors (Lipinski definition) is 3. The van der Waals surface area contributed by atoms with Crippen molar-refractivity contribution >= 4 is 16.7 Å². The van der Waals surface area contributed by atoms with E-state index in [4.69, 9.17) is 10.2 Å². The van der Waals surface area contributed by atoms with Gasteiger partial charge in [0.15, 0.2) is 0 Å². The van der Waals surface area contributed by atoms with Crippen LogP contribution in [0.25, 0.3) is 11.0 Å². The maximum atomic E-state index is 11.3. The van der Waals surface area contributed by atoms with Gasteiger partial charge in [-0.05, 0) is 30.0 Å². The van der Waals surface area contributed by atoms with Crippen LogP contribution >= 0.6 is 0 Å². The zero-order valence-corrected chi connectivity index (χ0v) is 9.70. The molecule has 0 atom stereocenters. The normalized spacial score (nSPS) is 11.2. The van der Waals surface area contributed by atoms with Gasteiger partial charge in [0.1, 0.15) is 5.58 Å². The Labute approximate surface area is 93.9 Å². The highest BCUT2D eigenvalue weighted by atomic mass is 16.4. The Hall–Kier alpha value is -1.77. The van der Waals surface area contributed by atoms with E-state index in [1.165, 1.54) is 6.07 Å². The molecular weight excluding hydrogens is 202 g/mol. The number of anilines is 1. The van der Waals surface area contributed by atoms with Gasteiger partial charge in [-0.15, -0.1) is 0 Å². The van der Waals surface area contributed by atoms with Gasteiger partial charge in [0.2, 0.25) is 0 Å². The molecule has 3 heteroatoms. The van der Waals surface area contributed by atoms with Crippen molar-refractivity contribution in [2.24, 2.45) is 0 Å². The minimum atomic E-state index is -0.328. The smallest absolute Gasteiger partial charge is 0.336 e. The van der Waals surface area contributed by atoms with Gasteiger partial charge in [-0.2, -0.15) is 0 Å². The summed E-state index contributed by atoms with van der Waals surface area (Å²) in [6.07, 6.45) is 0. The maximum absolute atomic E-state index is 11.3. The van der Waals surface area contributed by atoms with Crippen molar-refractivity contribution in [2.75, 3.05) is 5.73 Å². The van der Waals surface area contributed by atoms with E-state index in [0.29, 0.717) is 17.2 Å². The molecule has 0 unspecified atom stereocenters. The fraction of sp³-hybridized carbons (Fsp3) is 0.308. The van der Waals surface area contributed by atoms with Gasteiger partial charge in [-0.25, -0.2) is 4.79 Å². The molecule has 2 aromatic rings. The Morgan fingerprint density at radius 1 is 1.25 bits per heavy atom. The molecule has 0 spiro atoms. The molecule has 0 saturated carbocycles. The number of hydrogen-bond donors (Lipinski definition) is 1. The van der Waals surface area contributed by atoms with Gasteiger partial charge in [-0.1, -0.05) is 13.8 Å². The number of fused-ring (bicyclic) bond motifs is 1. The zero-order chi connectivity index (χ0) is 11.9. The number of nitrogen functional groups attached to an aromatic ring is 1. The average Bonchev–Trinajstić information content (AvgIpc) is 2.14. The standard InChI is InChI=1S/C13H15NO2/c1-7(2)10-5-9(14)6-11-13(10)8(3)4-12(15)16-11/h4-7H,14H2,1-3H3. The SMILES string of the molecule is Cc1cc(=O)oc2cc(N)cc(C(C)C)c12. The molecule has 0 aliphatic heterocycles. The molecule has 0 radical (unpaired) electrons. The summed E-state index contributed by atoms with van der Waals surface area (Å²) in [5, 5.41) is 1.00. The second-order valence-corrected chi connectivity index (χ2v) is 4.39. The summed E-state index contributed by atoms with van der Waals surface area (Å²) in [6.45, 7) is 6.11. The third kappa shape index (κ3) is 1.69. The van der Waals surface area contributed by atoms with E-state index in [1.54, 1.807) is 6.07 Å². The van der Waals surface area contributed by atoms with Crippen LogP contribution in [0.4, 0.5) is 5.69 Å². The fourth-order valence-electron chi connectivity index (χ4n) is 2.00. The quantitative estimate of drug-likeness (QED) is 0.590. The molecule has 0 amide bonds. The van der Waals surface area contributed by atoms with E-state index in [1.807, 2.05) is 13.0 Å². The minimum absolute atomic E-state index is 0.328. The van der Waals surface area contributed by atoms with Crippen molar-refractivity contribution in [3.05, 3.63) is 39.7 Å². The highest BCUT2D eigenvalue weighted by Crippen LogP contribution is 2.29. The van der Waals surface area contributed by atoms with E-state index in [2.05, 4.69) is 13.8 Å². The molecule has 1 aromatic heterocycles. The van der Waals surface area contributed by atoms with Crippen molar-refractivity contribution in [3.63, 3.8) is 0 Å². The number of nitrogens with two attached hydrogens (primary N) is 1. The van der Waals surface area contributed by atoms with Crippen LogP contribution < -0.4 is 11.4 Å². The summed E-state index contributed by atoms with van der Waals surface area (Å²) >= 11 is 0. The van der Waals surface area contributed by atoms with Gasteiger partial charge in [0.25, 0.3) is 0 Å². The molecular formula is C13H15NO2. The molecule has 3 nitrogen and oxygen atoms in total. The van der Waals surface area contributed by atoms with Gasteiger partial charge in [-0.3, -0.25) is 0 Å². The monoisotopic (exact) mass is 217 g/mol. The highest BCUT2D eigenvalue weighted by molar-refractivity contribution is 5.87. The van der Waals surface area contributed by atoms with E-state index in [9.17, 15) is 4.79 Å². The highest BCUT2D eigenvalue weighted by Gasteiger charge is 2.11. The molecule has 2 N–H and O–H groups in total. The Morgan fingerprint density at radius 2 is 1.94 bits per heavy atom. The van der Waals surface area contributed by atoms with E-state index in [-0.39, 0.29) is 5.63 Å². The van der Waals surface area contributed by atoms with Crippen molar-refractivity contribution < 1.29 is 4.42 Å². The summed E-state index contributed by atoms with van der Waals surface area (Å²) in [5.74, 6) is 0.345. The van der Waals surface area contributed by atoms with Crippen LogP contribution in [-0.2, 0) is 0 Å². The zero-order valence-electron chi connectivity index (χ0n) is 9.70. The summed E-state index contributed by atoms with van der Waals surface area (Å²) in [4.78, 5) is 11.3. The van der Waals surface area contributed by atoms with Gasteiger partial charge >= 0.3 is 5.63 Å². The van der Waals surface area contributed by atoms with Crippen LogP contribution in [0, 0.1) is 6.92 Å². The number of aryl methyl sites for hydroxylation is 1. The van der Waals surface area contributed by atoms with Gasteiger partial charge in [0.05, 0.1) is 0 Å². The van der Waals surface area contributed by atoms with Crippen molar-refractivity contribution in [1.29, 1.82) is 0 Å². The Balaban J connectivity index is 2.95. The molecule has 0 aliphatic rings. The van der Waals surface area contributed by atoms with Crippen molar-refractivity contribution in [1.82, 2.24) is 0 Å². The molecule has 1 aromatic carbocycles. The van der Waals surface area contributed by atoms with Crippen LogP contribution in [0.5, 0.6) is 0 Å². The van der Waals surface area contributed by atoms with Gasteiger partial charge < -0.3 is 10.2 Å². The second-order valence-electron chi connectivity index (χ2n) is 4.39. The van der Waals surface area contributed by atoms with Crippen LogP contribution in [0.2, 0.25) is 0 Å². The molecule has 84 valence electrons. The number of benzene rings is 1. The first-order chi connectivity index (χ1) is 7.49. The average molecular weight is 217 g/mol. The van der Waals surface area contributed by atoms with E-state index in [0.717, 1.165) is 16.5 Å². The topological polar surface area (TPSA) is 56.2 Å². The molecule has 16 heavy (non-hydrogen) atoms.